The number of nitrogens with one attached hydrogen (secondary N) is 1. The Hall–Kier alpha value is -2.05. The minimum Gasteiger partial charge on any atom is -0.441 e. The van der Waals surface area contributed by atoms with Gasteiger partial charge in [0.1, 0.15) is 6.26 Å². The van der Waals surface area contributed by atoms with Crippen molar-refractivity contribution in [2.24, 2.45) is 0 Å². The van der Waals surface area contributed by atoms with Gasteiger partial charge >= 0.3 is 12.0 Å². The lowest BCUT2D eigenvalue weighted by atomic mass is 9.93. The average molecular weight is 295 g/mol. The van der Waals surface area contributed by atoms with Crippen LogP contribution in [-0.4, -0.2) is 35.0 Å². The molecule has 1 N–H and O–H groups in total. The SMILES string of the molecule is CC(C)(C)c1coc(C(=O)NOC(=O)N2CCCCC2)n1. The monoisotopic (exact) mass is 295 g/mol. The summed E-state index contributed by atoms with van der Waals surface area (Å²) in [5.41, 5.74) is 2.52. The molecule has 2 heterocycles. The van der Waals surface area contributed by atoms with E-state index in [4.69, 9.17) is 9.25 Å². The molecule has 21 heavy (non-hydrogen) atoms. The molecule has 1 aromatic heterocycles. The predicted molar refractivity (Wildman–Crippen MR) is 74.6 cm³/mol. The van der Waals surface area contributed by atoms with Crippen molar-refractivity contribution in [3.8, 4) is 0 Å². The number of piperidine rings is 1. The van der Waals surface area contributed by atoms with Gasteiger partial charge in [-0.3, -0.25) is 4.79 Å². The number of nitrogens with zero attached hydrogens (tertiary/aromatic N) is 2. The zero-order chi connectivity index (χ0) is 15.5. The first-order valence-electron chi connectivity index (χ1n) is 7.10. The standard InChI is InChI=1S/C14H21N3O4/c1-14(2,3)10-9-20-12(15-10)11(18)16-21-13(19)17-7-5-4-6-8-17/h9H,4-8H2,1-3H3,(H,16,18). The summed E-state index contributed by atoms with van der Waals surface area (Å²) in [6.07, 6.45) is 3.91. The fourth-order valence-corrected chi connectivity index (χ4v) is 2.00. The van der Waals surface area contributed by atoms with Gasteiger partial charge in [-0.25, -0.2) is 9.78 Å². The summed E-state index contributed by atoms with van der Waals surface area (Å²) in [7, 11) is 0. The van der Waals surface area contributed by atoms with Gasteiger partial charge in [-0.15, -0.1) is 0 Å². The summed E-state index contributed by atoms with van der Waals surface area (Å²) >= 11 is 0. The zero-order valence-electron chi connectivity index (χ0n) is 12.6. The van der Waals surface area contributed by atoms with E-state index in [1.54, 1.807) is 4.90 Å². The van der Waals surface area contributed by atoms with Crippen LogP contribution in [0.2, 0.25) is 0 Å². The smallest absolute Gasteiger partial charge is 0.434 e. The Morgan fingerprint density at radius 2 is 1.95 bits per heavy atom. The number of aromatic nitrogens is 1. The van der Waals surface area contributed by atoms with Gasteiger partial charge in [0.05, 0.1) is 5.69 Å². The lowest BCUT2D eigenvalue weighted by molar-refractivity contribution is 0.0371. The van der Waals surface area contributed by atoms with Gasteiger partial charge in [0.2, 0.25) is 0 Å². The Balaban J connectivity index is 1.86. The predicted octanol–water partition coefficient (Wildman–Crippen LogP) is 2.24. The normalized spacial score (nSPS) is 15.7. The topological polar surface area (TPSA) is 84.7 Å². The summed E-state index contributed by atoms with van der Waals surface area (Å²) in [5.74, 6) is -0.790. The molecule has 0 atom stereocenters. The van der Waals surface area contributed by atoms with Gasteiger partial charge in [0, 0.05) is 18.5 Å². The first-order valence-corrected chi connectivity index (χ1v) is 7.10. The van der Waals surface area contributed by atoms with E-state index >= 15 is 0 Å². The number of carbonyl (C=O) groups is 2. The number of carbonyl (C=O) groups excluding carboxylic acids is 2. The van der Waals surface area contributed by atoms with Crippen LogP contribution in [0.25, 0.3) is 0 Å². The lowest BCUT2D eigenvalue weighted by Gasteiger charge is -2.25. The van der Waals surface area contributed by atoms with Crippen LogP contribution in [0.1, 0.15) is 56.4 Å². The molecule has 0 saturated carbocycles. The summed E-state index contributed by atoms with van der Waals surface area (Å²) in [6, 6.07) is 0. The highest BCUT2D eigenvalue weighted by molar-refractivity contribution is 5.89. The van der Waals surface area contributed by atoms with E-state index in [9.17, 15) is 9.59 Å². The molecule has 0 spiro atoms. The zero-order valence-corrected chi connectivity index (χ0v) is 12.6. The minimum atomic E-state index is -0.671. The third-order valence-electron chi connectivity index (χ3n) is 3.31. The lowest BCUT2D eigenvalue weighted by Crippen LogP contribution is -2.40. The van der Waals surface area contributed by atoms with Crippen molar-refractivity contribution in [3.63, 3.8) is 0 Å². The number of hydrogen-bond acceptors (Lipinski definition) is 5. The molecule has 1 aliphatic heterocycles. The van der Waals surface area contributed by atoms with Crippen molar-refractivity contribution in [2.75, 3.05) is 13.1 Å². The third-order valence-corrected chi connectivity index (χ3v) is 3.31. The Morgan fingerprint density at radius 3 is 2.52 bits per heavy atom. The van der Waals surface area contributed by atoms with Crippen LogP contribution in [0, 0.1) is 0 Å². The molecular weight excluding hydrogens is 274 g/mol. The Bertz CT molecular complexity index is 513. The van der Waals surface area contributed by atoms with Gasteiger partial charge in [-0.2, -0.15) is 5.48 Å². The van der Waals surface area contributed by atoms with E-state index in [2.05, 4.69) is 10.5 Å². The van der Waals surface area contributed by atoms with Gasteiger partial charge < -0.3 is 14.2 Å². The number of rotatable bonds is 1. The summed E-state index contributed by atoms with van der Waals surface area (Å²) in [4.78, 5) is 34.0. The van der Waals surface area contributed by atoms with Gasteiger partial charge in [-0.05, 0) is 19.3 Å². The summed E-state index contributed by atoms with van der Waals surface area (Å²) < 4.78 is 5.10. The number of hydroxylamine groups is 1. The quantitative estimate of drug-likeness (QED) is 0.803. The maximum absolute atomic E-state index is 11.8. The largest absolute Gasteiger partial charge is 0.441 e. The number of likely N-dealkylation sites (tertiary alicyclic amines) is 1. The maximum atomic E-state index is 11.8. The average Bonchev–Trinajstić information content (AvgIpc) is 2.95. The van der Waals surface area contributed by atoms with E-state index < -0.39 is 12.0 Å². The van der Waals surface area contributed by atoms with Crippen LogP contribution in [0.5, 0.6) is 0 Å². The van der Waals surface area contributed by atoms with Crippen molar-refractivity contribution in [1.82, 2.24) is 15.4 Å². The minimum absolute atomic E-state index is 0.119. The van der Waals surface area contributed by atoms with E-state index in [-0.39, 0.29) is 11.3 Å². The third kappa shape index (κ3) is 3.96. The molecule has 0 unspecified atom stereocenters. The van der Waals surface area contributed by atoms with Crippen molar-refractivity contribution in [3.05, 3.63) is 17.8 Å². The Labute approximate surface area is 123 Å². The number of hydrogen-bond donors (Lipinski definition) is 1. The highest BCUT2D eigenvalue weighted by atomic mass is 16.7. The van der Waals surface area contributed by atoms with Gasteiger partial charge in [0.15, 0.2) is 0 Å². The first-order chi connectivity index (χ1) is 9.88. The van der Waals surface area contributed by atoms with E-state index in [1.807, 2.05) is 20.8 Å². The molecular formula is C14H21N3O4. The Morgan fingerprint density at radius 1 is 1.29 bits per heavy atom. The number of amides is 2. The second-order valence-electron chi connectivity index (χ2n) is 6.13. The molecule has 0 bridgehead atoms. The van der Waals surface area contributed by atoms with Crippen LogP contribution >= 0.6 is 0 Å². The highest BCUT2D eigenvalue weighted by Gasteiger charge is 2.23. The van der Waals surface area contributed by atoms with Crippen molar-refractivity contribution in [2.45, 2.75) is 45.4 Å². The van der Waals surface area contributed by atoms with Crippen LogP contribution < -0.4 is 5.48 Å². The van der Waals surface area contributed by atoms with Crippen LogP contribution in [0.15, 0.2) is 10.7 Å². The molecule has 116 valence electrons. The van der Waals surface area contributed by atoms with Gasteiger partial charge in [0.25, 0.3) is 5.89 Å². The van der Waals surface area contributed by atoms with Crippen molar-refractivity contribution < 1.29 is 18.8 Å². The maximum Gasteiger partial charge on any atom is 0.434 e. The first kappa shape index (κ1) is 15.3. The molecule has 7 nitrogen and oxygen atoms in total. The van der Waals surface area contributed by atoms with E-state index in [0.29, 0.717) is 18.8 Å². The second kappa shape index (κ2) is 6.15. The molecule has 0 radical (unpaired) electrons. The van der Waals surface area contributed by atoms with Gasteiger partial charge in [-0.1, -0.05) is 20.8 Å². The second-order valence-corrected chi connectivity index (χ2v) is 6.13. The van der Waals surface area contributed by atoms with Crippen LogP contribution in [0.4, 0.5) is 4.79 Å². The Kier molecular flexibility index (Phi) is 4.50. The molecule has 1 fully saturated rings. The highest BCUT2D eigenvalue weighted by Crippen LogP contribution is 2.21. The number of oxazole rings is 1. The van der Waals surface area contributed by atoms with E-state index in [0.717, 1.165) is 19.3 Å². The molecule has 0 aliphatic carbocycles. The molecule has 2 amide bonds. The summed E-state index contributed by atoms with van der Waals surface area (Å²) in [6.45, 7) is 7.19. The van der Waals surface area contributed by atoms with Crippen molar-refractivity contribution >= 4 is 12.0 Å². The van der Waals surface area contributed by atoms with E-state index in [1.165, 1.54) is 6.26 Å². The molecule has 7 heteroatoms. The van der Waals surface area contributed by atoms with Crippen LogP contribution in [-0.2, 0) is 10.3 Å². The fourth-order valence-electron chi connectivity index (χ4n) is 2.00. The molecule has 1 aromatic rings. The van der Waals surface area contributed by atoms with Crippen LogP contribution in [0.3, 0.4) is 0 Å². The molecule has 1 saturated heterocycles. The molecule has 0 aromatic carbocycles. The van der Waals surface area contributed by atoms with Crippen molar-refractivity contribution in [1.29, 1.82) is 0 Å². The molecule has 2 rings (SSSR count). The molecule has 1 aliphatic rings. The fraction of sp³-hybridized carbons (Fsp3) is 0.643. The summed E-state index contributed by atoms with van der Waals surface area (Å²) in [5, 5.41) is 0.